The fourth-order valence-electron chi connectivity index (χ4n) is 0.0481. The van der Waals surface area contributed by atoms with Gasteiger partial charge in [-0.25, -0.2) is 0 Å². The van der Waals surface area contributed by atoms with Crippen LogP contribution in [-0.2, 0) is 0 Å². The molecule has 2 heteroatoms. The Hall–Kier alpha value is 0.609. The number of rotatable bonds is 2. The monoisotopic (exact) mass is 153 g/mol. The first kappa shape index (κ1) is 5.61. The van der Waals surface area contributed by atoms with E-state index in [2.05, 4.69) is 21.5 Å². The van der Waals surface area contributed by atoms with Crippen molar-refractivity contribution >= 4 is 25.1 Å². The van der Waals surface area contributed by atoms with Gasteiger partial charge in [0.25, 0.3) is 0 Å². The van der Waals surface area contributed by atoms with E-state index < -0.39 is 0 Å². The third kappa shape index (κ3) is 4.61. The minimum absolute atomic E-state index is 1.01. The van der Waals surface area contributed by atoms with Gasteiger partial charge in [-0.15, -0.1) is 0 Å². The van der Waals surface area contributed by atoms with E-state index in [4.69, 9.17) is 0 Å². The van der Waals surface area contributed by atoms with Gasteiger partial charge in [0.05, 0.1) is 0 Å². The first-order chi connectivity index (χ1) is 2.41. The van der Waals surface area contributed by atoms with Gasteiger partial charge in [0.2, 0.25) is 0 Å². The van der Waals surface area contributed by atoms with Crippen LogP contribution < -0.4 is 0 Å². The number of hydrogen-bond acceptors (Lipinski definition) is 1. The molecular weight excluding hydrogens is 147 g/mol. The predicted molar refractivity (Wildman–Crippen MR) is 28.4 cm³/mol. The van der Waals surface area contributed by atoms with Crippen LogP contribution >= 0.6 is 10.2 Å². The molecule has 0 amide bonds. The molecule has 0 rings (SSSR count). The average molecular weight is 152 g/mol. The molecular formula is C3H5SSe. The van der Waals surface area contributed by atoms with E-state index in [1.165, 1.54) is 0 Å². The maximum atomic E-state index is 3.51. The fourth-order valence-corrected chi connectivity index (χ4v) is 0.750. The van der Waals surface area contributed by atoms with Crippen molar-refractivity contribution in [2.45, 2.75) is 0 Å². The SMILES string of the molecule is C=CCS[Se]. The van der Waals surface area contributed by atoms with Crippen LogP contribution in [0.15, 0.2) is 12.7 Å². The van der Waals surface area contributed by atoms with Crippen LogP contribution in [0.1, 0.15) is 0 Å². The van der Waals surface area contributed by atoms with Crippen molar-refractivity contribution in [3.05, 3.63) is 12.7 Å². The van der Waals surface area contributed by atoms with Gasteiger partial charge in [0.1, 0.15) is 0 Å². The fraction of sp³-hybridized carbons (Fsp3) is 0.333. The van der Waals surface area contributed by atoms with Crippen LogP contribution in [0.2, 0.25) is 0 Å². The molecule has 0 unspecified atom stereocenters. The number of hydrogen-bond donors (Lipinski definition) is 0. The molecule has 0 spiro atoms. The molecule has 0 saturated carbocycles. The van der Waals surface area contributed by atoms with Gasteiger partial charge in [0.15, 0.2) is 0 Å². The Morgan fingerprint density at radius 1 is 2.00 bits per heavy atom. The van der Waals surface area contributed by atoms with Gasteiger partial charge in [-0.05, 0) is 0 Å². The van der Waals surface area contributed by atoms with E-state index in [1.54, 1.807) is 10.2 Å². The third-order valence-electron chi connectivity index (χ3n) is 0.186. The van der Waals surface area contributed by atoms with E-state index in [-0.39, 0.29) is 0 Å². The summed E-state index contributed by atoms with van der Waals surface area (Å²) in [5.41, 5.74) is 0. The summed E-state index contributed by atoms with van der Waals surface area (Å²) in [6.45, 7) is 3.51. The maximum absolute atomic E-state index is 3.51. The van der Waals surface area contributed by atoms with Gasteiger partial charge in [-0.1, -0.05) is 0 Å². The molecule has 0 nitrogen and oxygen atoms in total. The van der Waals surface area contributed by atoms with Gasteiger partial charge >= 0.3 is 43.5 Å². The second-order valence-corrected chi connectivity index (χ2v) is 2.63. The zero-order chi connectivity index (χ0) is 4.12. The van der Waals surface area contributed by atoms with Crippen LogP contribution in [0.5, 0.6) is 0 Å². The van der Waals surface area contributed by atoms with Crippen LogP contribution in [0.25, 0.3) is 0 Å². The molecule has 29 valence electrons. The summed E-state index contributed by atoms with van der Waals surface area (Å²) < 4.78 is 0. The third-order valence-corrected chi connectivity index (χ3v) is 1.41. The summed E-state index contributed by atoms with van der Waals surface area (Å²) in [5.74, 6) is 1.01. The summed E-state index contributed by atoms with van der Waals surface area (Å²) in [5, 5.41) is 0. The first-order valence-corrected chi connectivity index (χ1v) is 4.28. The standard InChI is InChI=1S/C3H5SSe/c1-2-3-4-5/h2H,1,3H2. The van der Waals surface area contributed by atoms with Crippen molar-refractivity contribution < 1.29 is 0 Å². The predicted octanol–water partition coefficient (Wildman–Crippen LogP) is 0.989. The summed E-state index contributed by atoms with van der Waals surface area (Å²) in [6.07, 6.45) is 1.86. The Balaban J connectivity index is 2.40. The van der Waals surface area contributed by atoms with Crippen molar-refractivity contribution in [3.8, 4) is 0 Å². The summed E-state index contributed by atoms with van der Waals surface area (Å²) in [7, 11) is 1.66. The minimum atomic E-state index is 1.01. The van der Waals surface area contributed by atoms with E-state index in [0.717, 1.165) is 5.75 Å². The molecule has 0 aromatic carbocycles. The van der Waals surface area contributed by atoms with Crippen molar-refractivity contribution in [2.24, 2.45) is 0 Å². The molecule has 0 aliphatic heterocycles. The van der Waals surface area contributed by atoms with E-state index in [9.17, 15) is 0 Å². The zero-order valence-electron chi connectivity index (χ0n) is 2.81. The molecule has 1 radical (unpaired) electrons. The summed E-state index contributed by atoms with van der Waals surface area (Å²) >= 11 is 2.79. The molecule has 0 bridgehead atoms. The second-order valence-electron chi connectivity index (χ2n) is 0.573. The molecule has 0 heterocycles. The molecule has 0 saturated heterocycles. The molecule has 5 heavy (non-hydrogen) atoms. The Bertz CT molecular complexity index is 28.1. The van der Waals surface area contributed by atoms with Gasteiger partial charge in [0, 0.05) is 0 Å². The Morgan fingerprint density at radius 3 is 2.60 bits per heavy atom. The molecule has 0 aromatic rings. The second kappa shape index (κ2) is 4.61. The van der Waals surface area contributed by atoms with E-state index >= 15 is 0 Å². The van der Waals surface area contributed by atoms with Gasteiger partial charge in [-0.3, -0.25) is 0 Å². The molecule has 0 fully saturated rings. The van der Waals surface area contributed by atoms with Gasteiger partial charge in [-0.2, -0.15) is 0 Å². The zero-order valence-corrected chi connectivity index (χ0v) is 5.34. The quantitative estimate of drug-likeness (QED) is 0.420. The Morgan fingerprint density at radius 2 is 2.60 bits per heavy atom. The topological polar surface area (TPSA) is 0 Å². The average Bonchev–Trinajstić information content (AvgIpc) is 1.41. The Labute approximate surface area is 43.9 Å². The summed E-state index contributed by atoms with van der Waals surface area (Å²) in [6, 6.07) is 0. The van der Waals surface area contributed by atoms with Crippen LogP contribution in [0.3, 0.4) is 0 Å². The molecule has 0 aromatic heterocycles. The first-order valence-electron chi connectivity index (χ1n) is 1.27. The van der Waals surface area contributed by atoms with Crippen molar-refractivity contribution in [1.82, 2.24) is 0 Å². The molecule has 0 aliphatic carbocycles. The van der Waals surface area contributed by atoms with Gasteiger partial charge < -0.3 is 0 Å². The molecule has 0 N–H and O–H groups in total. The normalized spacial score (nSPS) is 7.40. The van der Waals surface area contributed by atoms with E-state index in [1.807, 2.05) is 6.08 Å². The molecule has 0 atom stereocenters. The van der Waals surface area contributed by atoms with Crippen molar-refractivity contribution in [1.29, 1.82) is 0 Å². The van der Waals surface area contributed by atoms with Crippen molar-refractivity contribution in [2.75, 3.05) is 5.75 Å². The van der Waals surface area contributed by atoms with Crippen LogP contribution in [0, 0.1) is 0 Å². The van der Waals surface area contributed by atoms with Crippen molar-refractivity contribution in [3.63, 3.8) is 0 Å². The molecule has 0 aliphatic rings. The van der Waals surface area contributed by atoms with Crippen LogP contribution in [0.4, 0.5) is 0 Å². The summed E-state index contributed by atoms with van der Waals surface area (Å²) in [4.78, 5) is 0. The Kier molecular flexibility index (Phi) is 5.17. The van der Waals surface area contributed by atoms with E-state index in [0.29, 0.717) is 0 Å². The van der Waals surface area contributed by atoms with Crippen LogP contribution in [-0.4, -0.2) is 20.6 Å².